The fourth-order valence-electron chi connectivity index (χ4n) is 4.17. The van der Waals surface area contributed by atoms with Crippen LogP contribution >= 0.6 is 0 Å². The van der Waals surface area contributed by atoms with E-state index in [4.69, 9.17) is 25.4 Å². The molecule has 0 atom stereocenters. The number of hydrogen-bond acceptors (Lipinski definition) is 10. The highest BCUT2D eigenvalue weighted by Gasteiger charge is 2.39. The van der Waals surface area contributed by atoms with Crippen molar-refractivity contribution in [3.8, 4) is 29.0 Å². The first-order valence-corrected chi connectivity index (χ1v) is 13.0. The van der Waals surface area contributed by atoms with Crippen LogP contribution in [0.3, 0.4) is 0 Å². The number of nitrogen functional groups attached to an aromatic ring is 1. The Morgan fingerprint density at radius 1 is 1.17 bits per heavy atom. The third-order valence-electron chi connectivity index (χ3n) is 6.79. The topological polar surface area (TPSA) is 147 Å². The van der Waals surface area contributed by atoms with Gasteiger partial charge in [-0.15, -0.1) is 0 Å². The highest BCUT2D eigenvalue weighted by Crippen LogP contribution is 2.41. The van der Waals surface area contributed by atoms with Gasteiger partial charge in [-0.2, -0.15) is 13.8 Å². The summed E-state index contributed by atoms with van der Waals surface area (Å²) in [5, 5.41) is 18.0. The van der Waals surface area contributed by atoms with E-state index in [1.807, 2.05) is 18.0 Å². The molecule has 222 valence electrons. The van der Waals surface area contributed by atoms with Crippen LogP contribution in [0.25, 0.3) is 0 Å². The van der Waals surface area contributed by atoms with Gasteiger partial charge >= 0.3 is 5.97 Å². The number of esters is 1. The molecule has 0 bridgehead atoms. The van der Waals surface area contributed by atoms with Gasteiger partial charge in [0.15, 0.2) is 11.5 Å². The second kappa shape index (κ2) is 11.9. The number of nitrogens with zero attached hydrogens (tertiary/aromatic N) is 4. The molecule has 0 aliphatic carbocycles. The number of phenolic OH excluding ortho intramolecular Hbond substituents is 1. The Balaban J connectivity index is 1.84. The molecule has 2 aromatic carbocycles. The summed E-state index contributed by atoms with van der Waals surface area (Å²) in [6.45, 7) is 5.94. The number of aromatic nitrogens is 1. The first kappa shape index (κ1) is 30.0. The van der Waals surface area contributed by atoms with Gasteiger partial charge in [0.25, 0.3) is 11.8 Å². The maximum atomic E-state index is 16.1. The molecule has 3 aromatic rings. The van der Waals surface area contributed by atoms with Crippen LogP contribution in [0.15, 0.2) is 47.5 Å². The van der Waals surface area contributed by atoms with Crippen LogP contribution in [0.5, 0.6) is 29.0 Å². The number of rotatable bonds is 10. The minimum absolute atomic E-state index is 0.0583. The second-order valence-electron chi connectivity index (χ2n) is 9.99. The molecule has 0 amide bonds. The van der Waals surface area contributed by atoms with Crippen molar-refractivity contribution in [1.82, 2.24) is 9.88 Å². The number of nitrogens with two attached hydrogens (primary N) is 1. The number of amidine groups is 2. The molecule has 0 spiro atoms. The average Bonchev–Trinajstić information content (AvgIpc) is 3.38. The number of ether oxygens (including phenoxy) is 3. The van der Waals surface area contributed by atoms with E-state index in [0.29, 0.717) is 6.54 Å². The molecule has 0 fully saturated rings. The van der Waals surface area contributed by atoms with Crippen molar-refractivity contribution >= 4 is 23.3 Å². The Morgan fingerprint density at radius 2 is 1.86 bits per heavy atom. The predicted octanol–water partition coefficient (Wildman–Crippen LogP) is 4.40. The Kier molecular flexibility index (Phi) is 8.50. The van der Waals surface area contributed by atoms with Gasteiger partial charge in [0.05, 0.1) is 13.2 Å². The summed E-state index contributed by atoms with van der Waals surface area (Å²) >= 11 is 0. The number of aromatic hydroxyl groups is 1. The molecule has 13 heteroatoms. The number of aliphatic imine (C=N–C) groups is 1. The number of anilines is 1. The van der Waals surface area contributed by atoms with E-state index in [-0.39, 0.29) is 29.5 Å². The van der Waals surface area contributed by atoms with Crippen molar-refractivity contribution in [2.75, 3.05) is 38.7 Å². The number of benzene rings is 2. The van der Waals surface area contributed by atoms with Crippen molar-refractivity contribution < 1.29 is 32.9 Å². The number of carbonyl (C=O) groups is 1. The molecule has 1 aliphatic heterocycles. The third-order valence-corrected chi connectivity index (χ3v) is 6.79. The molecule has 0 unspecified atom stereocenters. The Labute approximate surface area is 241 Å². The van der Waals surface area contributed by atoms with Gasteiger partial charge < -0.3 is 34.9 Å². The highest BCUT2D eigenvalue weighted by atomic mass is 19.1. The summed E-state index contributed by atoms with van der Waals surface area (Å²) in [4.78, 5) is 24.2. The van der Waals surface area contributed by atoms with E-state index in [2.05, 4.69) is 9.98 Å². The first-order valence-electron chi connectivity index (χ1n) is 13.0. The number of hydrogen-bond donors (Lipinski definition) is 3. The maximum absolute atomic E-state index is 16.1. The summed E-state index contributed by atoms with van der Waals surface area (Å²) in [5.74, 6) is -4.76. The van der Waals surface area contributed by atoms with Crippen molar-refractivity contribution in [2.24, 2.45) is 10.7 Å². The Hall–Kier alpha value is -4.94. The molecule has 11 nitrogen and oxygen atoms in total. The highest BCUT2D eigenvalue weighted by molar-refractivity contribution is 6.00. The van der Waals surface area contributed by atoms with Crippen LogP contribution in [0, 0.1) is 17.0 Å². The van der Waals surface area contributed by atoms with Crippen molar-refractivity contribution in [3.63, 3.8) is 0 Å². The standard InChI is InChI=1S/C29H32F2N6O5/c1-6-40-28(39)29(2,3)37(5)23-21(30)26(41-18-9-7-8-17(14-18)25-34-12-13-36(25)4)35-27(22(23)31)42-20-15-16(24(32)33)10-11-19(20)38/h7-11,14-15,38H,6,12-13H2,1-5H3,(H3,32,33). The van der Waals surface area contributed by atoms with Gasteiger partial charge in [-0.1, -0.05) is 12.1 Å². The van der Waals surface area contributed by atoms with Crippen LogP contribution < -0.4 is 20.1 Å². The van der Waals surface area contributed by atoms with Crippen LogP contribution in [0.2, 0.25) is 0 Å². The zero-order valence-electron chi connectivity index (χ0n) is 23.9. The molecular formula is C29H32F2N6O5. The van der Waals surface area contributed by atoms with Crippen LogP contribution in [0.4, 0.5) is 14.5 Å². The Bertz CT molecular complexity index is 1560. The predicted molar refractivity (Wildman–Crippen MR) is 153 cm³/mol. The van der Waals surface area contributed by atoms with Gasteiger partial charge in [-0.05, 0) is 51.1 Å². The minimum Gasteiger partial charge on any atom is -0.504 e. The molecule has 0 radical (unpaired) electrons. The van der Waals surface area contributed by atoms with Crippen molar-refractivity contribution in [1.29, 1.82) is 5.41 Å². The van der Waals surface area contributed by atoms with Gasteiger partial charge in [0.2, 0.25) is 11.6 Å². The normalized spacial score (nSPS) is 13.0. The summed E-state index contributed by atoms with van der Waals surface area (Å²) in [6.07, 6.45) is 0. The van der Waals surface area contributed by atoms with Gasteiger partial charge in [-0.25, -0.2) is 4.79 Å². The molecule has 0 saturated carbocycles. The van der Waals surface area contributed by atoms with E-state index >= 15 is 8.78 Å². The lowest BCUT2D eigenvalue weighted by Crippen LogP contribution is -2.50. The van der Waals surface area contributed by atoms with E-state index in [0.717, 1.165) is 22.8 Å². The molecule has 1 aromatic heterocycles. The zero-order valence-corrected chi connectivity index (χ0v) is 23.9. The fourth-order valence-corrected chi connectivity index (χ4v) is 4.17. The fraction of sp³-hybridized carbons (Fsp3) is 0.310. The summed E-state index contributed by atoms with van der Waals surface area (Å²) < 4.78 is 48.6. The lowest BCUT2D eigenvalue weighted by atomic mass is 10.0. The smallest absolute Gasteiger partial charge is 0.331 e. The molecular weight excluding hydrogens is 550 g/mol. The first-order chi connectivity index (χ1) is 19.8. The monoisotopic (exact) mass is 582 g/mol. The van der Waals surface area contributed by atoms with Crippen molar-refractivity contribution in [2.45, 2.75) is 26.3 Å². The number of halogens is 2. The molecule has 4 rings (SSSR count). The van der Waals surface area contributed by atoms with Crippen LogP contribution in [-0.4, -0.2) is 72.0 Å². The number of likely N-dealkylation sites (N-methyl/N-ethyl adjacent to an activating group) is 2. The number of pyridine rings is 1. The lowest BCUT2D eigenvalue weighted by molar-refractivity contribution is -0.148. The van der Waals surface area contributed by atoms with Gasteiger partial charge in [0, 0.05) is 31.8 Å². The molecule has 42 heavy (non-hydrogen) atoms. The summed E-state index contributed by atoms with van der Waals surface area (Å²) in [7, 11) is 3.21. The molecule has 0 saturated heterocycles. The SMILES string of the molecule is CCOC(=O)C(C)(C)N(C)c1c(F)c(Oc2cccc(C3=NCCN3C)c2)nc(Oc2cc(C(=N)N)ccc2O)c1F. The van der Waals surface area contributed by atoms with Gasteiger partial charge in [0.1, 0.15) is 28.6 Å². The largest absolute Gasteiger partial charge is 0.504 e. The average molecular weight is 583 g/mol. The van der Waals surface area contributed by atoms with E-state index < -0.39 is 46.3 Å². The maximum Gasteiger partial charge on any atom is 0.331 e. The second-order valence-corrected chi connectivity index (χ2v) is 9.99. The number of nitrogens with one attached hydrogen (secondary N) is 1. The molecule has 1 aliphatic rings. The van der Waals surface area contributed by atoms with E-state index in [1.54, 1.807) is 25.1 Å². The summed E-state index contributed by atoms with van der Waals surface area (Å²) in [5.41, 5.74) is 4.22. The lowest BCUT2D eigenvalue weighted by Gasteiger charge is -2.35. The molecule has 2 heterocycles. The third kappa shape index (κ3) is 5.90. The van der Waals surface area contributed by atoms with Crippen LogP contribution in [0.1, 0.15) is 31.9 Å². The van der Waals surface area contributed by atoms with Gasteiger partial charge in [-0.3, -0.25) is 10.4 Å². The molecule has 4 N–H and O–H groups in total. The number of carbonyl (C=O) groups excluding carboxylic acids is 1. The minimum atomic E-state index is -1.53. The van der Waals surface area contributed by atoms with E-state index in [9.17, 15) is 9.90 Å². The zero-order chi connectivity index (χ0) is 30.8. The van der Waals surface area contributed by atoms with E-state index in [1.165, 1.54) is 39.1 Å². The number of phenols is 1. The van der Waals surface area contributed by atoms with Crippen molar-refractivity contribution in [3.05, 3.63) is 65.2 Å². The summed E-state index contributed by atoms with van der Waals surface area (Å²) in [6, 6.07) is 10.5. The van der Waals surface area contributed by atoms with Crippen LogP contribution in [-0.2, 0) is 9.53 Å². The quantitative estimate of drug-likeness (QED) is 0.180. The Morgan fingerprint density at radius 3 is 2.48 bits per heavy atom.